The van der Waals surface area contributed by atoms with Gasteiger partial charge in [-0.15, -0.1) is 0 Å². The number of carbonyl (C=O) groups is 1. The summed E-state index contributed by atoms with van der Waals surface area (Å²) >= 11 is 0. The van der Waals surface area contributed by atoms with Gasteiger partial charge in [-0.1, -0.05) is 0 Å². The first-order valence-corrected chi connectivity index (χ1v) is 9.52. The molecule has 3 aromatic rings. The lowest BCUT2D eigenvalue weighted by Gasteiger charge is -2.20. The molecule has 4 rings (SSSR count). The van der Waals surface area contributed by atoms with E-state index in [4.69, 9.17) is 18.6 Å². The zero-order valence-electron chi connectivity index (χ0n) is 16.8. The Kier molecular flexibility index (Phi) is 5.70. The lowest BCUT2D eigenvalue weighted by Crippen LogP contribution is -2.31. The topological polar surface area (TPSA) is 73.5 Å². The number of carbonyl (C=O) groups excluding carboxylic acids is 1. The van der Waals surface area contributed by atoms with Gasteiger partial charge in [-0.05, 0) is 66.2 Å². The van der Waals surface area contributed by atoms with Crippen LogP contribution in [-0.2, 0) is 4.79 Å². The molecule has 0 radical (unpaired) electrons. The van der Waals surface area contributed by atoms with Crippen LogP contribution in [0.3, 0.4) is 0 Å². The van der Waals surface area contributed by atoms with Gasteiger partial charge in [0, 0.05) is 6.42 Å². The highest BCUT2D eigenvalue weighted by molar-refractivity contribution is 6.03. The number of ether oxygens (including phenoxy) is 3. The van der Waals surface area contributed by atoms with Crippen molar-refractivity contribution in [2.45, 2.75) is 12.5 Å². The van der Waals surface area contributed by atoms with Gasteiger partial charge in [-0.2, -0.15) is 5.10 Å². The maximum absolute atomic E-state index is 12.9. The van der Waals surface area contributed by atoms with E-state index in [0.717, 1.165) is 22.8 Å². The first-order chi connectivity index (χ1) is 14.7. The predicted molar refractivity (Wildman–Crippen MR) is 111 cm³/mol. The molecule has 1 atom stereocenters. The van der Waals surface area contributed by atoms with Crippen LogP contribution in [-0.4, -0.2) is 37.5 Å². The fraction of sp³-hybridized carbons (Fsp3) is 0.217. The van der Waals surface area contributed by atoms with E-state index in [1.165, 1.54) is 5.01 Å². The average Bonchev–Trinajstić information content (AvgIpc) is 3.48. The Hall–Kier alpha value is -3.74. The molecular formula is C23H22N2O5. The monoisotopic (exact) mass is 406 g/mol. The minimum absolute atomic E-state index is 0.136. The van der Waals surface area contributed by atoms with E-state index in [9.17, 15) is 4.79 Å². The Balaban J connectivity index is 1.51. The molecule has 0 spiro atoms. The molecule has 30 heavy (non-hydrogen) atoms. The van der Waals surface area contributed by atoms with Gasteiger partial charge in [0.25, 0.3) is 5.91 Å². The number of nitrogens with zero attached hydrogens (tertiary/aromatic N) is 2. The number of hydrogen-bond donors (Lipinski definition) is 0. The van der Waals surface area contributed by atoms with Crippen LogP contribution in [0.15, 0.2) is 76.4 Å². The molecule has 0 aliphatic carbocycles. The summed E-state index contributed by atoms with van der Waals surface area (Å²) in [6.07, 6.45) is 2.14. The van der Waals surface area contributed by atoms with E-state index in [0.29, 0.717) is 17.9 Å². The van der Waals surface area contributed by atoms with Crippen LogP contribution in [0.1, 0.15) is 23.8 Å². The van der Waals surface area contributed by atoms with Gasteiger partial charge in [-0.25, -0.2) is 5.01 Å². The quantitative estimate of drug-likeness (QED) is 0.592. The molecule has 0 unspecified atom stereocenters. The van der Waals surface area contributed by atoms with E-state index in [2.05, 4.69) is 5.10 Å². The number of amides is 1. The summed E-state index contributed by atoms with van der Waals surface area (Å²) in [4.78, 5) is 12.9. The van der Waals surface area contributed by atoms with Gasteiger partial charge < -0.3 is 18.6 Å². The highest BCUT2D eigenvalue weighted by Crippen LogP contribution is 2.33. The fourth-order valence-corrected chi connectivity index (χ4v) is 3.28. The summed E-state index contributed by atoms with van der Waals surface area (Å²) in [5, 5.41) is 6.04. The van der Waals surface area contributed by atoms with Crippen LogP contribution in [0, 0.1) is 0 Å². The maximum atomic E-state index is 12.9. The summed E-state index contributed by atoms with van der Waals surface area (Å²) < 4.78 is 21.6. The molecule has 2 aromatic carbocycles. The molecule has 1 aliphatic heterocycles. The Morgan fingerprint density at radius 3 is 2.23 bits per heavy atom. The SMILES string of the molecule is COc1ccc(OCC(=O)N2N=C(c3ccc(OC)cc3)C[C@@H]2c2ccco2)cc1. The summed E-state index contributed by atoms with van der Waals surface area (Å²) in [5.74, 6) is 2.49. The molecule has 1 amide bonds. The second kappa shape index (κ2) is 8.73. The van der Waals surface area contributed by atoms with Crippen molar-refractivity contribution in [2.75, 3.05) is 20.8 Å². The van der Waals surface area contributed by atoms with Gasteiger partial charge in [0.15, 0.2) is 6.61 Å². The normalized spacial score (nSPS) is 15.6. The third-order valence-electron chi connectivity index (χ3n) is 4.88. The van der Waals surface area contributed by atoms with Crippen LogP contribution in [0.2, 0.25) is 0 Å². The molecule has 154 valence electrons. The van der Waals surface area contributed by atoms with Gasteiger partial charge in [-0.3, -0.25) is 4.79 Å². The van der Waals surface area contributed by atoms with E-state index in [1.54, 1.807) is 50.8 Å². The minimum atomic E-state index is -0.316. The number of methoxy groups -OCH3 is 2. The Morgan fingerprint density at radius 1 is 1.00 bits per heavy atom. The molecule has 7 heteroatoms. The van der Waals surface area contributed by atoms with Crippen molar-refractivity contribution in [3.05, 3.63) is 78.3 Å². The Bertz CT molecular complexity index is 1010. The summed E-state index contributed by atoms with van der Waals surface area (Å²) in [7, 11) is 3.22. The molecule has 0 saturated carbocycles. The van der Waals surface area contributed by atoms with Gasteiger partial charge >= 0.3 is 0 Å². The third kappa shape index (κ3) is 4.15. The van der Waals surface area contributed by atoms with Crippen LogP contribution in [0.4, 0.5) is 0 Å². The molecule has 0 N–H and O–H groups in total. The van der Waals surface area contributed by atoms with E-state index >= 15 is 0 Å². The van der Waals surface area contributed by atoms with E-state index in [-0.39, 0.29) is 18.6 Å². The van der Waals surface area contributed by atoms with Crippen molar-refractivity contribution in [3.63, 3.8) is 0 Å². The smallest absolute Gasteiger partial charge is 0.281 e. The fourth-order valence-electron chi connectivity index (χ4n) is 3.28. The van der Waals surface area contributed by atoms with Crippen LogP contribution in [0.5, 0.6) is 17.2 Å². The lowest BCUT2D eigenvalue weighted by molar-refractivity contribution is -0.135. The second-order valence-corrected chi connectivity index (χ2v) is 6.71. The van der Waals surface area contributed by atoms with Crippen molar-refractivity contribution in [2.24, 2.45) is 5.10 Å². The number of hydrogen-bond acceptors (Lipinski definition) is 6. The van der Waals surface area contributed by atoms with Gasteiger partial charge in [0.05, 0.1) is 26.2 Å². The number of benzene rings is 2. The maximum Gasteiger partial charge on any atom is 0.281 e. The van der Waals surface area contributed by atoms with E-state index < -0.39 is 0 Å². The second-order valence-electron chi connectivity index (χ2n) is 6.71. The summed E-state index contributed by atoms with van der Waals surface area (Å²) in [5.41, 5.74) is 1.73. The van der Waals surface area contributed by atoms with Crippen molar-refractivity contribution in [1.29, 1.82) is 0 Å². The average molecular weight is 406 g/mol. The molecule has 2 heterocycles. The highest BCUT2D eigenvalue weighted by atomic mass is 16.5. The molecule has 0 saturated heterocycles. The standard InChI is InChI=1S/C23H22N2O5/c1-27-17-7-5-16(6-8-17)20-14-21(22-4-3-13-29-22)25(24-20)23(26)15-30-19-11-9-18(28-2)10-12-19/h3-13,21H,14-15H2,1-2H3/t21-/m1/s1. The summed E-state index contributed by atoms with van der Waals surface area (Å²) in [6.45, 7) is -0.136. The predicted octanol–water partition coefficient (Wildman–Crippen LogP) is 4.05. The first-order valence-electron chi connectivity index (χ1n) is 9.52. The van der Waals surface area contributed by atoms with Gasteiger partial charge in [0.2, 0.25) is 0 Å². The molecule has 0 bridgehead atoms. The van der Waals surface area contributed by atoms with Gasteiger partial charge in [0.1, 0.15) is 29.1 Å². The zero-order valence-corrected chi connectivity index (χ0v) is 16.8. The highest BCUT2D eigenvalue weighted by Gasteiger charge is 2.35. The Labute approximate surface area is 174 Å². The summed E-state index contributed by atoms with van der Waals surface area (Å²) in [6, 6.07) is 18.0. The molecule has 0 fully saturated rings. The number of rotatable bonds is 7. The van der Waals surface area contributed by atoms with Crippen molar-refractivity contribution in [1.82, 2.24) is 5.01 Å². The van der Waals surface area contributed by atoms with Crippen LogP contribution in [0.25, 0.3) is 0 Å². The first kappa shape index (κ1) is 19.6. The molecule has 1 aliphatic rings. The van der Waals surface area contributed by atoms with Crippen molar-refractivity contribution in [3.8, 4) is 17.2 Å². The molecule has 1 aromatic heterocycles. The third-order valence-corrected chi connectivity index (χ3v) is 4.88. The van der Waals surface area contributed by atoms with Crippen molar-refractivity contribution >= 4 is 11.6 Å². The van der Waals surface area contributed by atoms with Crippen LogP contribution < -0.4 is 14.2 Å². The number of furan rings is 1. The van der Waals surface area contributed by atoms with Crippen LogP contribution >= 0.6 is 0 Å². The van der Waals surface area contributed by atoms with E-state index in [1.807, 2.05) is 30.3 Å². The molecule has 7 nitrogen and oxygen atoms in total. The number of hydrazone groups is 1. The lowest BCUT2D eigenvalue weighted by atomic mass is 10.0. The largest absolute Gasteiger partial charge is 0.497 e. The molecular weight excluding hydrogens is 384 g/mol. The minimum Gasteiger partial charge on any atom is -0.497 e. The Morgan fingerprint density at radius 2 is 1.63 bits per heavy atom. The zero-order chi connectivity index (χ0) is 20.9. The van der Waals surface area contributed by atoms with Crippen molar-refractivity contribution < 1.29 is 23.4 Å².